The normalized spacial score (nSPS) is 24.3. The van der Waals surface area contributed by atoms with Gasteiger partial charge in [-0.2, -0.15) is 0 Å². The van der Waals surface area contributed by atoms with Crippen LogP contribution in [0.25, 0.3) is 0 Å². The first-order chi connectivity index (χ1) is 7.66. The monoisotopic (exact) mass is 219 g/mol. The lowest BCUT2D eigenvalue weighted by atomic mass is 10.1. The number of carbonyl (C=O) groups excluding carboxylic acids is 1. The van der Waals surface area contributed by atoms with Crippen molar-refractivity contribution in [2.24, 2.45) is 5.92 Å². The molecule has 2 N–H and O–H groups in total. The van der Waals surface area contributed by atoms with E-state index >= 15 is 0 Å². The Balaban J connectivity index is 2.00. The number of benzene rings is 1. The maximum Gasteiger partial charge on any atom is 0.251 e. The number of phenolic OH excluding ortho intramolecular Hbond substituents is 1. The Hall–Kier alpha value is -1.51. The summed E-state index contributed by atoms with van der Waals surface area (Å²) >= 11 is 0. The van der Waals surface area contributed by atoms with Crippen molar-refractivity contribution in [1.29, 1.82) is 0 Å². The van der Waals surface area contributed by atoms with Gasteiger partial charge in [0.25, 0.3) is 5.91 Å². The Bertz CT molecular complexity index is 372. The Kier molecular flexibility index (Phi) is 3.13. The highest BCUT2D eigenvalue weighted by molar-refractivity contribution is 5.94. The maximum absolute atomic E-state index is 11.9. The number of hydrogen-bond donors (Lipinski definition) is 2. The van der Waals surface area contributed by atoms with Crippen LogP contribution in [0.5, 0.6) is 5.75 Å². The molecule has 2 rings (SSSR count). The SMILES string of the molecule is CC1CCCC1NC(=O)c1ccc(O)cc1. The molecule has 1 aliphatic rings. The van der Waals surface area contributed by atoms with Crippen LogP contribution >= 0.6 is 0 Å². The highest BCUT2D eigenvalue weighted by Gasteiger charge is 2.24. The van der Waals surface area contributed by atoms with Gasteiger partial charge >= 0.3 is 0 Å². The minimum atomic E-state index is -0.0428. The van der Waals surface area contributed by atoms with Crippen LogP contribution in [0.3, 0.4) is 0 Å². The third-order valence-electron chi connectivity index (χ3n) is 3.31. The van der Waals surface area contributed by atoms with Gasteiger partial charge in [0.05, 0.1) is 0 Å². The van der Waals surface area contributed by atoms with Crippen LogP contribution in [0, 0.1) is 5.92 Å². The predicted molar refractivity (Wildman–Crippen MR) is 62.4 cm³/mol. The van der Waals surface area contributed by atoms with Gasteiger partial charge in [-0.15, -0.1) is 0 Å². The van der Waals surface area contributed by atoms with Gasteiger partial charge in [-0.1, -0.05) is 13.3 Å². The van der Waals surface area contributed by atoms with E-state index in [-0.39, 0.29) is 11.7 Å². The molecule has 1 aliphatic carbocycles. The van der Waals surface area contributed by atoms with Gasteiger partial charge in [-0.05, 0) is 43.0 Å². The van der Waals surface area contributed by atoms with Gasteiger partial charge in [-0.25, -0.2) is 0 Å². The van der Waals surface area contributed by atoms with Gasteiger partial charge in [0, 0.05) is 11.6 Å². The summed E-state index contributed by atoms with van der Waals surface area (Å²) in [5, 5.41) is 12.2. The maximum atomic E-state index is 11.9. The second-order valence-corrected chi connectivity index (χ2v) is 4.54. The van der Waals surface area contributed by atoms with E-state index in [1.54, 1.807) is 12.1 Å². The number of amides is 1. The second kappa shape index (κ2) is 4.56. The smallest absolute Gasteiger partial charge is 0.251 e. The van der Waals surface area contributed by atoms with Crippen molar-refractivity contribution in [3.05, 3.63) is 29.8 Å². The van der Waals surface area contributed by atoms with Crippen molar-refractivity contribution in [2.75, 3.05) is 0 Å². The highest BCUT2D eigenvalue weighted by Crippen LogP contribution is 2.25. The molecule has 0 spiro atoms. The molecule has 1 aromatic rings. The Morgan fingerprint density at radius 1 is 1.31 bits per heavy atom. The lowest BCUT2D eigenvalue weighted by Crippen LogP contribution is -2.36. The van der Waals surface area contributed by atoms with Gasteiger partial charge < -0.3 is 10.4 Å². The van der Waals surface area contributed by atoms with Crippen LogP contribution in [0.15, 0.2) is 24.3 Å². The minimum absolute atomic E-state index is 0.0428. The number of phenols is 1. The summed E-state index contributed by atoms with van der Waals surface area (Å²) < 4.78 is 0. The fourth-order valence-corrected chi connectivity index (χ4v) is 2.22. The number of carbonyl (C=O) groups is 1. The van der Waals surface area contributed by atoms with E-state index < -0.39 is 0 Å². The average Bonchev–Trinajstić information content (AvgIpc) is 2.65. The van der Waals surface area contributed by atoms with Crippen molar-refractivity contribution in [1.82, 2.24) is 5.32 Å². The van der Waals surface area contributed by atoms with E-state index in [0.29, 0.717) is 17.5 Å². The van der Waals surface area contributed by atoms with Gasteiger partial charge in [0.2, 0.25) is 0 Å². The molecule has 3 nitrogen and oxygen atoms in total. The first-order valence-corrected chi connectivity index (χ1v) is 5.76. The molecule has 16 heavy (non-hydrogen) atoms. The third-order valence-corrected chi connectivity index (χ3v) is 3.31. The van der Waals surface area contributed by atoms with Crippen LogP contribution in [0.4, 0.5) is 0 Å². The van der Waals surface area contributed by atoms with E-state index in [1.165, 1.54) is 25.0 Å². The van der Waals surface area contributed by atoms with E-state index in [2.05, 4.69) is 12.2 Å². The van der Waals surface area contributed by atoms with Gasteiger partial charge in [0.1, 0.15) is 5.75 Å². The predicted octanol–water partition coefficient (Wildman–Crippen LogP) is 2.31. The molecule has 0 aromatic heterocycles. The fourth-order valence-electron chi connectivity index (χ4n) is 2.22. The summed E-state index contributed by atoms with van der Waals surface area (Å²) in [6.45, 7) is 2.18. The summed E-state index contributed by atoms with van der Waals surface area (Å²) in [5.41, 5.74) is 0.608. The Morgan fingerprint density at radius 3 is 2.56 bits per heavy atom. The van der Waals surface area contributed by atoms with Crippen molar-refractivity contribution >= 4 is 5.91 Å². The molecule has 2 atom stereocenters. The molecular formula is C13H17NO2. The number of nitrogens with one attached hydrogen (secondary N) is 1. The summed E-state index contributed by atoms with van der Waals surface area (Å²) in [5.74, 6) is 0.714. The second-order valence-electron chi connectivity index (χ2n) is 4.54. The van der Waals surface area contributed by atoms with Crippen LogP contribution in [-0.4, -0.2) is 17.1 Å². The van der Waals surface area contributed by atoms with Crippen molar-refractivity contribution in [3.8, 4) is 5.75 Å². The topological polar surface area (TPSA) is 49.3 Å². The molecule has 0 heterocycles. The largest absolute Gasteiger partial charge is 0.508 e. The average molecular weight is 219 g/mol. The molecule has 0 saturated heterocycles. The molecule has 1 amide bonds. The zero-order valence-corrected chi connectivity index (χ0v) is 9.44. The molecule has 3 heteroatoms. The zero-order chi connectivity index (χ0) is 11.5. The molecule has 1 saturated carbocycles. The molecular weight excluding hydrogens is 202 g/mol. The molecule has 86 valence electrons. The molecule has 0 aliphatic heterocycles. The lowest BCUT2D eigenvalue weighted by molar-refractivity contribution is 0.0929. The number of aromatic hydroxyl groups is 1. The van der Waals surface area contributed by atoms with Crippen molar-refractivity contribution in [2.45, 2.75) is 32.2 Å². The molecule has 2 unspecified atom stereocenters. The van der Waals surface area contributed by atoms with Crippen LogP contribution in [0.2, 0.25) is 0 Å². The van der Waals surface area contributed by atoms with Crippen LogP contribution in [0.1, 0.15) is 36.5 Å². The van der Waals surface area contributed by atoms with E-state index in [0.717, 1.165) is 6.42 Å². The van der Waals surface area contributed by atoms with E-state index in [9.17, 15) is 4.79 Å². The quantitative estimate of drug-likeness (QED) is 0.802. The van der Waals surface area contributed by atoms with Crippen LogP contribution < -0.4 is 5.32 Å². The molecule has 0 radical (unpaired) electrons. The lowest BCUT2D eigenvalue weighted by Gasteiger charge is -2.17. The van der Waals surface area contributed by atoms with E-state index in [4.69, 9.17) is 5.11 Å². The van der Waals surface area contributed by atoms with Crippen molar-refractivity contribution in [3.63, 3.8) is 0 Å². The summed E-state index contributed by atoms with van der Waals surface area (Å²) in [4.78, 5) is 11.9. The Labute approximate surface area is 95.5 Å². The standard InChI is InChI=1S/C13H17NO2/c1-9-3-2-4-12(9)14-13(16)10-5-7-11(15)8-6-10/h5-9,12,15H,2-4H2,1H3,(H,14,16). The first-order valence-electron chi connectivity index (χ1n) is 5.76. The highest BCUT2D eigenvalue weighted by atomic mass is 16.3. The van der Waals surface area contributed by atoms with Crippen molar-refractivity contribution < 1.29 is 9.90 Å². The van der Waals surface area contributed by atoms with Gasteiger partial charge in [-0.3, -0.25) is 4.79 Å². The number of rotatable bonds is 2. The Morgan fingerprint density at radius 2 is 2.00 bits per heavy atom. The third kappa shape index (κ3) is 2.35. The summed E-state index contributed by atoms with van der Waals surface area (Å²) in [7, 11) is 0. The summed E-state index contributed by atoms with van der Waals surface area (Å²) in [6, 6.07) is 6.66. The molecule has 1 fully saturated rings. The molecule has 1 aromatic carbocycles. The zero-order valence-electron chi connectivity index (χ0n) is 9.44. The molecule has 0 bridgehead atoms. The fraction of sp³-hybridized carbons (Fsp3) is 0.462. The van der Waals surface area contributed by atoms with Crippen LogP contribution in [-0.2, 0) is 0 Å². The summed E-state index contributed by atoms with van der Waals surface area (Å²) in [6.07, 6.45) is 3.47. The first kappa shape index (κ1) is 11.0. The number of hydrogen-bond acceptors (Lipinski definition) is 2. The minimum Gasteiger partial charge on any atom is -0.508 e. The van der Waals surface area contributed by atoms with E-state index in [1.807, 2.05) is 0 Å². The van der Waals surface area contributed by atoms with Gasteiger partial charge in [0.15, 0.2) is 0 Å².